The smallest absolute Gasteiger partial charge is 0.310 e. The maximum absolute atomic E-state index is 13.2. The van der Waals surface area contributed by atoms with Crippen molar-refractivity contribution in [2.45, 2.75) is 175 Å². The van der Waals surface area contributed by atoms with E-state index in [0.29, 0.717) is 13.2 Å². The molecule has 230 valence electrons. The van der Waals surface area contributed by atoms with Crippen LogP contribution in [0.4, 0.5) is 0 Å². The highest BCUT2D eigenvalue weighted by molar-refractivity contribution is 5.83. The number of ether oxygens (including phenoxy) is 2. The van der Waals surface area contributed by atoms with Crippen LogP contribution >= 0.6 is 0 Å². The molecular formula is C35H66O4. The van der Waals surface area contributed by atoms with Crippen LogP contribution in [0.2, 0.25) is 0 Å². The van der Waals surface area contributed by atoms with Crippen molar-refractivity contribution in [3.8, 4) is 0 Å². The second kappa shape index (κ2) is 24.7. The van der Waals surface area contributed by atoms with Gasteiger partial charge in [-0.05, 0) is 31.1 Å². The van der Waals surface area contributed by atoms with Gasteiger partial charge in [0.1, 0.15) is 0 Å². The molecule has 0 spiro atoms. The molecule has 4 atom stereocenters. The average Bonchev–Trinajstić information content (AvgIpc) is 3.33. The van der Waals surface area contributed by atoms with E-state index in [0.717, 1.165) is 44.9 Å². The van der Waals surface area contributed by atoms with Gasteiger partial charge in [0.05, 0.1) is 25.0 Å². The fourth-order valence-electron chi connectivity index (χ4n) is 6.50. The van der Waals surface area contributed by atoms with Crippen LogP contribution < -0.4 is 0 Å². The Morgan fingerprint density at radius 3 is 1.03 bits per heavy atom. The van der Waals surface area contributed by atoms with Crippen molar-refractivity contribution in [2.75, 3.05) is 13.2 Å². The van der Waals surface area contributed by atoms with Gasteiger partial charge in [-0.25, -0.2) is 0 Å². The number of rotatable bonds is 26. The Balaban J connectivity index is 2.30. The molecule has 0 heterocycles. The molecule has 0 aromatic carbocycles. The second-order valence-electron chi connectivity index (χ2n) is 12.3. The predicted octanol–water partition coefficient (Wildman–Crippen LogP) is 10.6. The van der Waals surface area contributed by atoms with Gasteiger partial charge in [-0.2, -0.15) is 0 Å². The molecule has 1 fully saturated rings. The van der Waals surface area contributed by atoms with Crippen LogP contribution in [-0.4, -0.2) is 25.2 Å². The van der Waals surface area contributed by atoms with Gasteiger partial charge in [-0.15, -0.1) is 0 Å². The van der Waals surface area contributed by atoms with Crippen molar-refractivity contribution in [3.63, 3.8) is 0 Å². The van der Waals surface area contributed by atoms with Crippen LogP contribution in [0.1, 0.15) is 175 Å². The summed E-state index contributed by atoms with van der Waals surface area (Å²) in [5.41, 5.74) is 0. The van der Waals surface area contributed by atoms with Crippen LogP contribution in [0, 0.1) is 23.7 Å². The van der Waals surface area contributed by atoms with Gasteiger partial charge < -0.3 is 9.47 Å². The molecule has 0 amide bonds. The number of carbonyl (C=O) groups excluding carboxylic acids is 2. The molecule has 0 N–H and O–H groups in total. The summed E-state index contributed by atoms with van der Waals surface area (Å²) >= 11 is 0. The molecule has 0 saturated heterocycles. The Morgan fingerprint density at radius 1 is 0.462 bits per heavy atom. The van der Waals surface area contributed by atoms with Crippen molar-refractivity contribution in [3.05, 3.63) is 0 Å². The third-order valence-corrected chi connectivity index (χ3v) is 9.09. The molecule has 0 bridgehead atoms. The second-order valence-corrected chi connectivity index (χ2v) is 12.3. The summed E-state index contributed by atoms with van der Waals surface area (Å²) in [5.74, 6) is -0.522. The lowest BCUT2D eigenvalue weighted by molar-refractivity contribution is -0.162. The normalized spacial score (nSPS) is 20.8. The Kier molecular flexibility index (Phi) is 22.8. The minimum Gasteiger partial charge on any atom is -0.465 e. The van der Waals surface area contributed by atoms with Crippen molar-refractivity contribution in [1.82, 2.24) is 0 Å². The lowest BCUT2D eigenvalue weighted by atomic mass is 9.85. The summed E-state index contributed by atoms with van der Waals surface area (Å²) in [5, 5.41) is 0. The molecule has 1 rings (SSSR count). The molecule has 1 saturated carbocycles. The van der Waals surface area contributed by atoms with Crippen LogP contribution in [0.15, 0.2) is 0 Å². The monoisotopic (exact) mass is 550 g/mol. The molecular weight excluding hydrogens is 484 g/mol. The maximum atomic E-state index is 13.2. The summed E-state index contributed by atoms with van der Waals surface area (Å²) in [6.07, 6.45) is 28.0. The Bertz CT molecular complexity index is 539. The quantitative estimate of drug-likeness (QED) is 0.0794. The van der Waals surface area contributed by atoms with E-state index in [2.05, 4.69) is 27.7 Å². The molecule has 1 aliphatic carbocycles. The molecule has 0 radical (unpaired) electrons. The average molecular weight is 551 g/mol. The third-order valence-electron chi connectivity index (χ3n) is 9.09. The van der Waals surface area contributed by atoms with E-state index < -0.39 is 0 Å². The van der Waals surface area contributed by atoms with Gasteiger partial charge in [-0.1, -0.05) is 156 Å². The first-order valence-corrected chi connectivity index (χ1v) is 17.4. The number of hydrogen-bond acceptors (Lipinski definition) is 4. The molecule has 4 heteroatoms. The minimum atomic E-state index is -0.330. The summed E-state index contributed by atoms with van der Waals surface area (Å²) in [4.78, 5) is 26.4. The fraction of sp³-hybridized carbons (Fsp3) is 0.943. The van der Waals surface area contributed by atoms with E-state index in [9.17, 15) is 9.59 Å². The standard InChI is InChI=1S/C35H66O4/c1-5-9-11-13-15-17-19-21-23-25-27-38-34(36)32-30(7-3)29-31(8-4)33(32)35(37)39-28-26-24-22-20-18-16-14-12-10-6-2/h30-33H,5-29H2,1-4H3. The maximum Gasteiger partial charge on any atom is 0.310 e. The zero-order valence-electron chi connectivity index (χ0n) is 26.6. The van der Waals surface area contributed by atoms with Crippen LogP contribution in [-0.2, 0) is 19.1 Å². The van der Waals surface area contributed by atoms with Gasteiger partial charge in [0.25, 0.3) is 0 Å². The van der Waals surface area contributed by atoms with Gasteiger partial charge in [0.15, 0.2) is 0 Å². The molecule has 39 heavy (non-hydrogen) atoms. The van der Waals surface area contributed by atoms with Gasteiger partial charge >= 0.3 is 11.9 Å². The van der Waals surface area contributed by atoms with Gasteiger partial charge in [-0.3, -0.25) is 9.59 Å². The van der Waals surface area contributed by atoms with Gasteiger partial charge in [0, 0.05) is 0 Å². The Morgan fingerprint density at radius 2 is 0.744 bits per heavy atom. The van der Waals surface area contributed by atoms with E-state index in [1.807, 2.05) is 0 Å². The molecule has 0 aromatic rings. The van der Waals surface area contributed by atoms with E-state index >= 15 is 0 Å². The summed E-state index contributed by atoms with van der Waals surface area (Å²) in [6.45, 7) is 9.76. The number of carbonyl (C=O) groups is 2. The Hall–Kier alpha value is -1.06. The highest BCUT2D eigenvalue weighted by Gasteiger charge is 2.50. The summed E-state index contributed by atoms with van der Waals surface area (Å²) < 4.78 is 11.5. The van der Waals surface area contributed by atoms with E-state index in [1.54, 1.807) is 0 Å². The number of unbranched alkanes of at least 4 members (excludes halogenated alkanes) is 18. The first-order chi connectivity index (χ1) is 19.1. The topological polar surface area (TPSA) is 52.6 Å². The predicted molar refractivity (Wildman–Crippen MR) is 165 cm³/mol. The van der Waals surface area contributed by atoms with Crippen molar-refractivity contribution in [2.24, 2.45) is 23.7 Å². The van der Waals surface area contributed by atoms with Crippen LogP contribution in [0.25, 0.3) is 0 Å². The first kappa shape index (κ1) is 36.0. The summed E-state index contributed by atoms with van der Waals surface area (Å²) in [6, 6.07) is 0. The number of esters is 2. The zero-order chi connectivity index (χ0) is 28.6. The Labute approximate surface area is 243 Å². The van der Waals surface area contributed by atoms with Gasteiger partial charge in [0.2, 0.25) is 0 Å². The van der Waals surface area contributed by atoms with Crippen LogP contribution in [0.5, 0.6) is 0 Å². The molecule has 4 nitrogen and oxygen atoms in total. The molecule has 0 aromatic heterocycles. The lowest BCUT2D eigenvalue weighted by Gasteiger charge is -2.23. The van der Waals surface area contributed by atoms with Crippen molar-refractivity contribution in [1.29, 1.82) is 0 Å². The molecule has 4 unspecified atom stereocenters. The largest absolute Gasteiger partial charge is 0.465 e. The van der Waals surface area contributed by atoms with Crippen molar-refractivity contribution >= 4 is 11.9 Å². The summed E-state index contributed by atoms with van der Waals surface area (Å²) in [7, 11) is 0. The highest BCUT2D eigenvalue weighted by Crippen LogP contribution is 2.46. The minimum absolute atomic E-state index is 0.158. The van der Waals surface area contributed by atoms with E-state index in [1.165, 1.54) is 103 Å². The lowest BCUT2D eigenvalue weighted by Crippen LogP contribution is -2.34. The fourth-order valence-corrected chi connectivity index (χ4v) is 6.50. The third kappa shape index (κ3) is 16.1. The molecule has 1 aliphatic rings. The van der Waals surface area contributed by atoms with Crippen LogP contribution in [0.3, 0.4) is 0 Å². The SMILES string of the molecule is CCCCCCCCCCCCOC(=O)C1C(CC)CC(CC)C1C(=O)OCCCCCCCCCCCC. The van der Waals surface area contributed by atoms with E-state index in [4.69, 9.17) is 9.47 Å². The van der Waals surface area contributed by atoms with E-state index in [-0.39, 0.29) is 35.6 Å². The van der Waals surface area contributed by atoms with Crippen molar-refractivity contribution < 1.29 is 19.1 Å². The number of hydrogen-bond donors (Lipinski definition) is 0. The zero-order valence-corrected chi connectivity index (χ0v) is 26.6. The first-order valence-electron chi connectivity index (χ1n) is 17.4. The highest BCUT2D eigenvalue weighted by atomic mass is 16.5. The molecule has 0 aliphatic heterocycles.